The minimum Gasteiger partial charge on any atom is -0.475 e. The summed E-state index contributed by atoms with van der Waals surface area (Å²) in [5.74, 6) is 0.417. The van der Waals surface area contributed by atoms with E-state index in [1.807, 2.05) is 6.07 Å². The van der Waals surface area contributed by atoms with Gasteiger partial charge in [-0.15, -0.1) is 0 Å². The third kappa shape index (κ3) is 4.18. The van der Waals surface area contributed by atoms with Gasteiger partial charge in [0.15, 0.2) is 5.82 Å². The Morgan fingerprint density at radius 2 is 2.07 bits per heavy atom. The number of rotatable bonds is 5. The molecule has 0 radical (unpaired) electrons. The van der Waals surface area contributed by atoms with Gasteiger partial charge in [0.2, 0.25) is 5.88 Å². The molecular weight excluding hydrogens is 616 g/mol. The van der Waals surface area contributed by atoms with E-state index in [9.17, 15) is 4.39 Å². The molecule has 2 saturated carbocycles. The number of anilines is 1. The topological polar surface area (TPSA) is 102 Å². The number of aromatic nitrogens is 5. The van der Waals surface area contributed by atoms with Crippen molar-refractivity contribution in [2.45, 2.75) is 68.6 Å². The quantitative estimate of drug-likeness (QED) is 0.297. The van der Waals surface area contributed by atoms with Crippen LogP contribution in [0.4, 0.5) is 14.6 Å². The molecule has 10 nitrogen and oxygen atoms in total. The zero-order valence-electron chi connectivity index (χ0n) is 25.3. The molecule has 4 aliphatic heterocycles. The van der Waals surface area contributed by atoms with Crippen molar-refractivity contribution in [3.63, 3.8) is 0 Å². The number of fused-ring (bicyclic) bond motifs is 4. The van der Waals surface area contributed by atoms with Crippen molar-refractivity contribution < 1.29 is 23.0 Å². The van der Waals surface area contributed by atoms with E-state index >= 15 is 4.39 Å². The van der Waals surface area contributed by atoms with E-state index < -0.39 is 17.5 Å². The highest BCUT2D eigenvalue weighted by atomic mass is 35.5. The van der Waals surface area contributed by atoms with Crippen LogP contribution in [0.25, 0.3) is 33.1 Å². The second-order valence-electron chi connectivity index (χ2n) is 14.3. The van der Waals surface area contributed by atoms with Gasteiger partial charge in [-0.2, -0.15) is 15.1 Å². The number of nitrogens with one attached hydrogen (secondary N) is 1. The van der Waals surface area contributed by atoms with E-state index in [0.29, 0.717) is 66.6 Å². The molecule has 240 valence electrons. The average Bonchev–Trinajstić information content (AvgIpc) is 3.93. The summed E-state index contributed by atoms with van der Waals surface area (Å²) < 4.78 is 50.7. The molecule has 4 aromatic rings. The van der Waals surface area contributed by atoms with Crippen LogP contribution in [0.3, 0.4) is 0 Å². The van der Waals surface area contributed by atoms with Crippen LogP contribution < -0.4 is 14.4 Å². The van der Waals surface area contributed by atoms with Gasteiger partial charge >= 0.3 is 6.01 Å². The zero-order chi connectivity index (χ0) is 30.8. The lowest BCUT2D eigenvalue weighted by molar-refractivity contribution is 0.107. The Hall–Kier alpha value is -3.35. The summed E-state index contributed by atoms with van der Waals surface area (Å²) in [6, 6.07) is 1.77. The first-order valence-corrected chi connectivity index (χ1v) is 16.8. The molecule has 0 amide bonds. The Balaban J connectivity index is 1.15. The molecule has 2 aliphatic carbocycles. The molecule has 1 N–H and O–H groups in total. The number of pyridine rings is 1. The standard InChI is InChI=1S/C33H34ClF2N7O3/c34-21-8-22-20(10-37-41-22)24(23(21)17-2-3-17)27-26(36)28-25-29(43-6-1-7-44-12-19(43)13-45-30(25)38-27)40-31(39-28)46-16-33-9-18(35)11-42(33)15-32(14-33)4-5-32/h8,10,17-19H,1-7,9,11-16H2,(H,37,41)/t18-,19+,33+/m1/s1. The monoisotopic (exact) mass is 649 g/mol. The minimum absolute atomic E-state index is 0.0747. The van der Waals surface area contributed by atoms with Crippen molar-refractivity contribution in [1.29, 1.82) is 0 Å². The van der Waals surface area contributed by atoms with E-state index in [1.54, 1.807) is 6.20 Å². The van der Waals surface area contributed by atoms with Gasteiger partial charge in [-0.3, -0.25) is 10.00 Å². The molecule has 10 rings (SSSR count). The van der Waals surface area contributed by atoms with Crippen molar-refractivity contribution >= 4 is 39.2 Å². The Kier molecular flexibility index (Phi) is 5.93. The van der Waals surface area contributed by atoms with Crippen LogP contribution in [0.5, 0.6) is 11.9 Å². The number of nitrogens with zero attached hydrogens (tertiary/aromatic N) is 6. The lowest BCUT2D eigenvalue weighted by Crippen LogP contribution is -2.43. The molecule has 1 aromatic carbocycles. The minimum atomic E-state index is -0.886. The molecule has 3 atom stereocenters. The van der Waals surface area contributed by atoms with Crippen LogP contribution in [-0.2, 0) is 4.74 Å². The molecule has 6 aliphatic rings. The lowest BCUT2D eigenvalue weighted by atomic mass is 9.89. The summed E-state index contributed by atoms with van der Waals surface area (Å²) in [5, 5.41) is 8.93. The third-order valence-corrected chi connectivity index (χ3v) is 11.5. The second-order valence-corrected chi connectivity index (χ2v) is 14.8. The first-order chi connectivity index (χ1) is 22.4. The van der Waals surface area contributed by atoms with Crippen molar-refractivity contribution in [1.82, 2.24) is 30.0 Å². The normalized spacial score (nSPS) is 28.3. The second kappa shape index (κ2) is 9.84. The summed E-state index contributed by atoms with van der Waals surface area (Å²) in [6.07, 6.45) is 7.22. The Labute approximate surface area is 268 Å². The zero-order valence-corrected chi connectivity index (χ0v) is 26.1. The molecule has 13 heteroatoms. The smallest absolute Gasteiger partial charge is 0.319 e. The van der Waals surface area contributed by atoms with Crippen molar-refractivity contribution in [2.24, 2.45) is 5.41 Å². The Bertz CT molecular complexity index is 1920. The molecular formula is C33H34ClF2N7O3. The fourth-order valence-corrected chi connectivity index (χ4v) is 9.05. The van der Waals surface area contributed by atoms with E-state index in [1.165, 1.54) is 12.8 Å². The predicted octanol–water partition coefficient (Wildman–Crippen LogP) is 5.57. The maximum absolute atomic E-state index is 17.2. The Morgan fingerprint density at radius 3 is 2.91 bits per heavy atom. The molecule has 46 heavy (non-hydrogen) atoms. The molecule has 3 saturated heterocycles. The summed E-state index contributed by atoms with van der Waals surface area (Å²) in [7, 11) is 0. The van der Waals surface area contributed by atoms with Crippen molar-refractivity contribution in [3.8, 4) is 23.1 Å². The van der Waals surface area contributed by atoms with Gasteiger partial charge in [0, 0.05) is 48.6 Å². The summed E-state index contributed by atoms with van der Waals surface area (Å²) in [4.78, 5) is 18.9. The molecule has 0 unspecified atom stereocenters. The first-order valence-electron chi connectivity index (χ1n) is 16.5. The lowest BCUT2D eigenvalue weighted by Gasteiger charge is -2.31. The number of hydrogen-bond donors (Lipinski definition) is 1. The highest BCUT2D eigenvalue weighted by Crippen LogP contribution is 2.61. The third-order valence-electron chi connectivity index (χ3n) is 11.1. The number of ether oxygens (including phenoxy) is 3. The SMILES string of the molecule is Fc1c(-c2c(C3CC3)c(Cl)cc3[nH]ncc23)nc2c3c(nc(OC[C@@]45C[C@@H](F)CN4CC4(CC4)C5)nc13)N1CCCOC[C@H]1CO2. The van der Waals surface area contributed by atoms with Crippen LogP contribution in [0, 0.1) is 11.2 Å². The maximum atomic E-state index is 17.2. The van der Waals surface area contributed by atoms with Crippen molar-refractivity contribution in [2.75, 3.05) is 51.0 Å². The molecule has 1 spiro atoms. The van der Waals surface area contributed by atoms with Crippen molar-refractivity contribution in [3.05, 3.63) is 28.7 Å². The summed E-state index contributed by atoms with van der Waals surface area (Å²) >= 11 is 6.84. The van der Waals surface area contributed by atoms with Gasteiger partial charge in [-0.1, -0.05) is 11.6 Å². The van der Waals surface area contributed by atoms with E-state index in [4.69, 9.17) is 40.8 Å². The van der Waals surface area contributed by atoms with Crippen LogP contribution in [0.2, 0.25) is 5.02 Å². The molecule has 3 aromatic heterocycles. The molecule has 0 bridgehead atoms. The number of aromatic amines is 1. The van der Waals surface area contributed by atoms with Gasteiger partial charge < -0.3 is 19.1 Å². The Morgan fingerprint density at radius 1 is 1.17 bits per heavy atom. The highest BCUT2D eigenvalue weighted by Gasteiger charge is 2.62. The highest BCUT2D eigenvalue weighted by molar-refractivity contribution is 6.33. The van der Waals surface area contributed by atoms with Gasteiger partial charge in [0.25, 0.3) is 0 Å². The van der Waals surface area contributed by atoms with E-state index in [-0.39, 0.29) is 47.1 Å². The number of halogens is 3. The van der Waals surface area contributed by atoms with Crippen LogP contribution >= 0.6 is 11.6 Å². The van der Waals surface area contributed by atoms with E-state index in [2.05, 4.69) is 20.0 Å². The van der Waals surface area contributed by atoms with Crippen LogP contribution in [0.15, 0.2) is 12.3 Å². The average molecular weight is 650 g/mol. The number of benzene rings is 1. The fraction of sp³-hybridized carbons (Fsp3) is 0.576. The number of hydrogen-bond acceptors (Lipinski definition) is 9. The summed E-state index contributed by atoms with van der Waals surface area (Å²) in [5.41, 5.74) is 2.26. The molecule has 7 heterocycles. The summed E-state index contributed by atoms with van der Waals surface area (Å²) in [6.45, 7) is 3.61. The van der Waals surface area contributed by atoms with Gasteiger partial charge in [0.05, 0.1) is 29.9 Å². The van der Waals surface area contributed by atoms with Crippen LogP contribution in [0.1, 0.15) is 56.4 Å². The maximum Gasteiger partial charge on any atom is 0.319 e. The predicted molar refractivity (Wildman–Crippen MR) is 167 cm³/mol. The van der Waals surface area contributed by atoms with Gasteiger partial charge in [-0.05, 0) is 61.5 Å². The molecule has 5 fully saturated rings. The van der Waals surface area contributed by atoms with Gasteiger partial charge in [0.1, 0.15) is 41.8 Å². The van der Waals surface area contributed by atoms with E-state index in [0.717, 1.165) is 43.2 Å². The van der Waals surface area contributed by atoms with Crippen LogP contribution in [-0.4, -0.2) is 93.9 Å². The number of H-pyrrole nitrogens is 1. The fourth-order valence-electron chi connectivity index (χ4n) is 8.69. The number of alkyl halides is 1. The first kappa shape index (κ1) is 27.7. The van der Waals surface area contributed by atoms with Gasteiger partial charge in [-0.25, -0.2) is 13.8 Å². The largest absolute Gasteiger partial charge is 0.475 e.